The molecule has 0 amide bonds. The minimum Gasteiger partial charge on any atom is -0.368 e. The lowest BCUT2D eigenvalue weighted by molar-refractivity contribution is 0.393. The predicted molar refractivity (Wildman–Crippen MR) is 136 cm³/mol. The van der Waals surface area contributed by atoms with E-state index in [0.717, 1.165) is 65.5 Å². The smallest absolute Gasteiger partial charge is 0.246 e. The molecule has 36 heavy (non-hydrogen) atoms. The van der Waals surface area contributed by atoms with Gasteiger partial charge in [0.15, 0.2) is 0 Å². The molecule has 0 unspecified atom stereocenters. The Kier molecular flexibility index (Phi) is 5.57. The summed E-state index contributed by atoms with van der Waals surface area (Å²) in [6, 6.07) is 12.3. The van der Waals surface area contributed by atoms with Crippen LogP contribution >= 0.6 is 0 Å². The first-order chi connectivity index (χ1) is 17.6. The number of piperazine rings is 1. The molecule has 9 nitrogen and oxygen atoms in total. The zero-order valence-electron chi connectivity index (χ0n) is 20.0. The van der Waals surface area contributed by atoms with E-state index in [-0.39, 0.29) is 5.82 Å². The molecule has 1 saturated heterocycles. The lowest BCUT2D eigenvalue weighted by Gasteiger charge is -2.29. The standard InChI is InChI=1S/C26H25FN8O/c1-16-24(17(2)36-33-16)22-13-21-15-30-26(32-35(21)25(22)18-3-5-19(27)6-4-18)31-23-8-7-20(14-29-23)34-11-9-28-10-12-34/h3-8,13-15,28H,9-12H2,1-2H3,(H,29,31,32). The van der Waals surface area contributed by atoms with Crippen molar-refractivity contribution in [1.29, 1.82) is 0 Å². The molecule has 4 aromatic heterocycles. The van der Waals surface area contributed by atoms with Crippen LogP contribution < -0.4 is 15.5 Å². The van der Waals surface area contributed by atoms with E-state index in [4.69, 9.17) is 9.62 Å². The Labute approximate surface area is 207 Å². The fraction of sp³-hybridized carbons (Fsp3) is 0.231. The van der Waals surface area contributed by atoms with Crippen LogP contribution in [0.4, 0.5) is 21.8 Å². The zero-order valence-corrected chi connectivity index (χ0v) is 20.0. The SMILES string of the molecule is Cc1noc(C)c1-c1cc2cnc(Nc3ccc(N4CCNCC4)cn3)nn2c1-c1ccc(F)cc1. The van der Waals surface area contributed by atoms with Crippen LogP contribution in [0.2, 0.25) is 0 Å². The molecule has 2 N–H and O–H groups in total. The number of rotatable bonds is 5. The van der Waals surface area contributed by atoms with Crippen molar-refractivity contribution in [2.45, 2.75) is 13.8 Å². The molecule has 0 aliphatic carbocycles. The van der Waals surface area contributed by atoms with E-state index in [0.29, 0.717) is 17.5 Å². The third kappa shape index (κ3) is 4.05. The van der Waals surface area contributed by atoms with Gasteiger partial charge in [-0.3, -0.25) is 0 Å². The molecule has 0 radical (unpaired) electrons. The Morgan fingerprint density at radius 3 is 2.50 bits per heavy atom. The highest BCUT2D eigenvalue weighted by atomic mass is 19.1. The van der Waals surface area contributed by atoms with E-state index in [1.165, 1.54) is 12.1 Å². The van der Waals surface area contributed by atoms with Gasteiger partial charge in [0.1, 0.15) is 17.4 Å². The first-order valence-corrected chi connectivity index (χ1v) is 11.8. The summed E-state index contributed by atoms with van der Waals surface area (Å²) in [5, 5.41) is 15.4. The predicted octanol–water partition coefficient (Wildman–Crippen LogP) is 4.36. The van der Waals surface area contributed by atoms with Crippen molar-refractivity contribution in [2.24, 2.45) is 0 Å². The maximum atomic E-state index is 13.7. The molecule has 5 aromatic rings. The Balaban J connectivity index is 1.39. The topological polar surface area (TPSA) is 96.4 Å². The molecule has 1 aliphatic heterocycles. The number of hydrogen-bond acceptors (Lipinski definition) is 8. The number of benzene rings is 1. The summed E-state index contributed by atoms with van der Waals surface area (Å²) in [5.74, 6) is 1.45. The van der Waals surface area contributed by atoms with Crippen molar-refractivity contribution >= 4 is 23.0 Å². The van der Waals surface area contributed by atoms with Gasteiger partial charge in [0.2, 0.25) is 5.95 Å². The van der Waals surface area contributed by atoms with E-state index in [2.05, 4.69) is 30.7 Å². The number of nitrogens with zero attached hydrogens (tertiary/aromatic N) is 6. The number of anilines is 3. The number of hydrogen-bond donors (Lipinski definition) is 2. The zero-order chi connectivity index (χ0) is 24.6. The second-order valence-electron chi connectivity index (χ2n) is 8.79. The molecule has 0 bridgehead atoms. The number of halogens is 1. The summed E-state index contributed by atoms with van der Waals surface area (Å²) >= 11 is 0. The summed E-state index contributed by atoms with van der Waals surface area (Å²) in [6.45, 7) is 7.63. The molecule has 1 aliphatic rings. The Morgan fingerprint density at radius 1 is 1.00 bits per heavy atom. The van der Waals surface area contributed by atoms with Crippen molar-refractivity contribution in [3.8, 4) is 22.4 Å². The maximum absolute atomic E-state index is 13.7. The van der Waals surface area contributed by atoms with E-state index < -0.39 is 0 Å². The van der Waals surface area contributed by atoms with Crippen LogP contribution in [0, 0.1) is 19.7 Å². The first kappa shape index (κ1) is 22.2. The highest BCUT2D eigenvalue weighted by molar-refractivity contribution is 5.88. The van der Waals surface area contributed by atoms with E-state index in [9.17, 15) is 4.39 Å². The van der Waals surface area contributed by atoms with Gasteiger partial charge in [-0.25, -0.2) is 18.9 Å². The third-order valence-corrected chi connectivity index (χ3v) is 6.41. The van der Waals surface area contributed by atoms with Crippen molar-refractivity contribution in [2.75, 3.05) is 36.4 Å². The summed E-state index contributed by atoms with van der Waals surface area (Å²) in [6.07, 6.45) is 3.61. The van der Waals surface area contributed by atoms with Gasteiger partial charge in [-0.15, -0.1) is 5.10 Å². The molecular weight excluding hydrogens is 459 g/mol. The quantitative estimate of drug-likeness (QED) is 0.380. The van der Waals surface area contributed by atoms with Crippen molar-refractivity contribution < 1.29 is 8.91 Å². The molecule has 182 valence electrons. The Morgan fingerprint density at radius 2 is 1.81 bits per heavy atom. The van der Waals surface area contributed by atoms with Gasteiger partial charge in [-0.1, -0.05) is 5.16 Å². The number of aryl methyl sites for hydroxylation is 2. The number of nitrogens with one attached hydrogen (secondary N) is 2. The van der Waals surface area contributed by atoms with Crippen molar-refractivity contribution in [3.05, 3.63) is 72.1 Å². The number of fused-ring (bicyclic) bond motifs is 1. The van der Waals surface area contributed by atoms with Crippen LogP contribution in [0.1, 0.15) is 11.5 Å². The summed E-state index contributed by atoms with van der Waals surface area (Å²) in [5.41, 5.74) is 6.04. The molecule has 10 heteroatoms. The summed E-state index contributed by atoms with van der Waals surface area (Å²) in [4.78, 5) is 11.4. The second-order valence-corrected chi connectivity index (χ2v) is 8.79. The average molecular weight is 485 g/mol. The third-order valence-electron chi connectivity index (χ3n) is 6.41. The second kappa shape index (κ2) is 9.04. The normalized spacial score (nSPS) is 13.9. The largest absolute Gasteiger partial charge is 0.368 e. The molecule has 0 atom stereocenters. The molecule has 1 aromatic carbocycles. The molecule has 0 saturated carbocycles. The highest BCUT2D eigenvalue weighted by Gasteiger charge is 2.22. The summed E-state index contributed by atoms with van der Waals surface area (Å²) in [7, 11) is 0. The van der Waals surface area contributed by atoms with Crippen LogP contribution in [-0.4, -0.2) is 50.9 Å². The molecular formula is C26H25FN8O. The van der Waals surface area contributed by atoms with Crippen LogP contribution in [0.5, 0.6) is 0 Å². The molecule has 0 spiro atoms. The van der Waals surface area contributed by atoms with Gasteiger partial charge in [0.25, 0.3) is 0 Å². The lowest BCUT2D eigenvalue weighted by atomic mass is 10.0. The molecule has 5 heterocycles. The molecule has 6 rings (SSSR count). The first-order valence-electron chi connectivity index (χ1n) is 11.8. The van der Waals surface area contributed by atoms with Gasteiger partial charge >= 0.3 is 0 Å². The lowest BCUT2D eigenvalue weighted by Crippen LogP contribution is -2.43. The van der Waals surface area contributed by atoms with E-state index in [1.54, 1.807) is 22.8 Å². The minimum atomic E-state index is -0.300. The van der Waals surface area contributed by atoms with Gasteiger partial charge in [-0.2, -0.15) is 0 Å². The van der Waals surface area contributed by atoms with Crippen LogP contribution in [0.15, 0.2) is 59.4 Å². The Bertz CT molecular complexity index is 1500. The van der Waals surface area contributed by atoms with Crippen molar-refractivity contribution in [1.82, 2.24) is 30.1 Å². The molecule has 1 fully saturated rings. The highest BCUT2D eigenvalue weighted by Crippen LogP contribution is 2.38. The fourth-order valence-electron chi connectivity index (χ4n) is 4.65. The minimum absolute atomic E-state index is 0.300. The average Bonchev–Trinajstić information content (AvgIpc) is 3.43. The van der Waals surface area contributed by atoms with Crippen LogP contribution in [0.25, 0.3) is 27.9 Å². The van der Waals surface area contributed by atoms with Crippen LogP contribution in [0.3, 0.4) is 0 Å². The van der Waals surface area contributed by atoms with E-state index >= 15 is 0 Å². The van der Waals surface area contributed by atoms with Gasteiger partial charge in [0, 0.05) is 42.9 Å². The monoisotopic (exact) mass is 484 g/mol. The Hall–Kier alpha value is -4.31. The van der Waals surface area contributed by atoms with E-state index in [1.807, 2.05) is 38.2 Å². The number of aromatic nitrogens is 5. The van der Waals surface area contributed by atoms with Gasteiger partial charge in [0.05, 0.1) is 35.0 Å². The van der Waals surface area contributed by atoms with Crippen molar-refractivity contribution in [3.63, 3.8) is 0 Å². The van der Waals surface area contributed by atoms with Gasteiger partial charge < -0.3 is 20.1 Å². The maximum Gasteiger partial charge on any atom is 0.246 e. The van der Waals surface area contributed by atoms with Gasteiger partial charge in [-0.05, 0) is 56.3 Å². The number of pyridine rings is 1. The fourth-order valence-corrected chi connectivity index (χ4v) is 4.65. The van der Waals surface area contributed by atoms with Crippen LogP contribution in [-0.2, 0) is 0 Å². The summed E-state index contributed by atoms with van der Waals surface area (Å²) < 4.78 is 21.0.